The number of benzene rings is 3. The number of nitrogens with zero attached hydrogens (tertiary/aromatic N) is 1. The van der Waals surface area contributed by atoms with E-state index in [1.807, 2.05) is 18.2 Å². The molecule has 4 nitrogen and oxygen atoms in total. The van der Waals surface area contributed by atoms with Crippen molar-refractivity contribution in [1.82, 2.24) is 10.2 Å². The van der Waals surface area contributed by atoms with Gasteiger partial charge < -0.3 is 10.1 Å². The number of ether oxygens (including phenoxy) is 1. The van der Waals surface area contributed by atoms with Crippen LogP contribution in [0.15, 0.2) is 54.6 Å². The molecule has 0 radical (unpaired) electrons. The molecule has 0 amide bonds. The second-order valence-corrected chi connectivity index (χ2v) is 6.26. The molecule has 1 heterocycles. The van der Waals surface area contributed by atoms with Gasteiger partial charge in [-0.2, -0.15) is 5.10 Å². The molecule has 142 valence electrons. The molecule has 28 heavy (non-hydrogen) atoms. The molecular formula is C21H16F3N3O. The van der Waals surface area contributed by atoms with Crippen LogP contribution < -0.4 is 10.1 Å². The van der Waals surface area contributed by atoms with Crippen molar-refractivity contribution in [2.24, 2.45) is 0 Å². The summed E-state index contributed by atoms with van der Waals surface area (Å²) in [5, 5.41) is 11.1. The molecule has 3 aromatic carbocycles. The Bertz CT molecular complexity index is 1140. The van der Waals surface area contributed by atoms with Gasteiger partial charge in [0.1, 0.15) is 18.2 Å². The van der Waals surface area contributed by atoms with Crippen LogP contribution in [0, 0.1) is 17.5 Å². The minimum atomic E-state index is -1.21. The Kier molecular flexibility index (Phi) is 4.65. The van der Waals surface area contributed by atoms with Gasteiger partial charge in [-0.3, -0.25) is 5.10 Å². The van der Waals surface area contributed by atoms with Crippen molar-refractivity contribution in [2.45, 2.75) is 6.61 Å². The maximum absolute atomic E-state index is 13.9. The van der Waals surface area contributed by atoms with E-state index in [2.05, 4.69) is 15.5 Å². The normalized spacial score (nSPS) is 11.0. The first-order valence-corrected chi connectivity index (χ1v) is 8.57. The van der Waals surface area contributed by atoms with Crippen LogP contribution in [-0.2, 0) is 6.61 Å². The minimum Gasteiger partial charge on any atom is -0.489 e. The standard InChI is InChI=1S/C21H16F3N3O/c1-25-21-16-8-12(2-7-20(16)26-27-21)11-28-14-5-3-13(4-6-14)15-9-18(23)19(24)10-17(15)22/h2-10H,11H2,1H3,(H2,25,26,27). The fourth-order valence-electron chi connectivity index (χ4n) is 2.98. The number of fused-ring (bicyclic) bond motifs is 1. The number of rotatable bonds is 5. The number of aromatic amines is 1. The van der Waals surface area contributed by atoms with Gasteiger partial charge in [-0.05, 0) is 41.5 Å². The SMILES string of the molecule is CNc1n[nH]c2ccc(COc3ccc(-c4cc(F)c(F)cc4F)cc3)cc12. The number of hydrogen-bond acceptors (Lipinski definition) is 3. The van der Waals surface area contributed by atoms with E-state index < -0.39 is 17.5 Å². The Morgan fingerprint density at radius 3 is 2.43 bits per heavy atom. The zero-order chi connectivity index (χ0) is 19.7. The van der Waals surface area contributed by atoms with Crippen molar-refractivity contribution in [3.63, 3.8) is 0 Å². The van der Waals surface area contributed by atoms with Gasteiger partial charge in [0.25, 0.3) is 0 Å². The molecule has 0 saturated carbocycles. The Morgan fingerprint density at radius 1 is 0.929 bits per heavy atom. The second-order valence-electron chi connectivity index (χ2n) is 6.26. The van der Waals surface area contributed by atoms with E-state index >= 15 is 0 Å². The molecule has 0 fully saturated rings. The first-order chi connectivity index (χ1) is 13.5. The Balaban J connectivity index is 1.50. The summed E-state index contributed by atoms with van der Waals surface area (Å²) in [6, 6.07) is 13.8. The minimum absolute atomic E-state index is 0.00421. The maximum atomic E-state index is 13.9. The lowest BCUT2D eigenvalue weighted by atomic mass is 10.0. The van der Waals surface area contributed by atoms with Gasteiger partial charge in [0.05, 0.1) is 5.52 Å². The van der Waals surface area contributed by atoms with Crippen LogP contribution >= 0.6 is 0 Å². The number of nitrogens with one attached hydrogen (secondary N) is 2. The summed E-state index contributed by atoms with van der Waals surface area (Å²) in [6.07, 6.45) is 0. The van der Waals surface area contributed by atoms with Crippen molar-refractivity contribution in [1.29, 1.82) is 0 Å². The zero-order valence-electron chi connectivity index (χ0n) is 14.9. The van der Waals surface area contributed by atoms with Gasteiger partial charge in [-0.25, -0.2) is 13.2 Å². The highest BCUT2D eigenvalue weighted by atomic mass is 19.2. The maximum Gasteiger partial charge on any atom is 0.161 e. The molecule has 0 spiro atoms. The van der Waals surface area contributed by atoms with Crippen molar-refractivity contribution in [3.8, 4) is 16.9 Å². The summed E-state index contributed by atoms with van der Waals surface area (Å²) in [4.78, 5) is 0. The summed E-state index contributed by atoms with van der Waals surface area (Å²) < 4.78 is 46.2. The first kappa shape index (κ1) is 17.9. The van der Waals surface area contributed by atoms with E-state index in [9.17, 15) is 13.2 Å². The summed E-state index contributed by atoms with van der Waals surface area (Å²) in [6.45, 7) is 0.336. The number of aromatic nitrogens is 2. The molecule has 4 aromatic rings. The van der Waals surface area contributed by atoms with Crippen molar-refractivity contribution < 1.29 is 17.9 Å². The van der Waals surface area contributed by atoms with Crippen LogP contribution in [0.2, 0.25) is 0 Å². The van der Waals surface area contributed by atoms with E-state index in [1.165, 1.54) is 0 Å². The third-order valence-electron chi connectivity index (χ3n) is 4.44. The lowest BCUT2D eigenvalue weighted by Gasteiger charge is -2.09. The van der Waals surface area contributed by atoms with Gasteiger partial charge in [-0.15, -0.1) is 0 Å². The van der Waals surface area contributed by atoms with E-state index in [-0.39, 0.29) is 5.56 Å². The highest BCUT2D eigenvalue weighted by molar-refractivity contribution is 5.90. The average molecular weight is 383 g/mol. The van der Waals surface area contributed by atoms with E-state index in [1.54, 1.807) is 31.3 Å². The van der Waals surface area contributed by atoms with Crippen molar-refractivity contribution >= 4 is 16.7 Å². The molecule has 0 aliphatic heterocycles. The van der Waals surface area contributed by atoms with Crippen LogP contribution in [0.1, 0.15) is 5.56 Å². The fourth-order valence-corrected chi connectivity index (χ4v) is 2.98. The molecule has 1 aromatic heterocycles. The predicted octanol–water partition coefficient (Wildman–Crippen LogP) is 5.27. The molecule has 0 aliphatic carbocycles. The quantitative estimate of drug-likeness (QED) is 0.462. The van der Waals surface area contributed by atoms with Gasteiger partial charge in [-0.1, -0.05) is 18.2 Å². The molecular weight excluding hydrogens is 367 g/mol. The number of anilines is 1. The third kappa shape index (κ3) is 3.38. The monoisotopic (exact) mass is 383 g/mol. The van der Waals surface area contributed by atoms with Crippen LogP contribution in [0.25, 0.3) is 22.0 Å². The third-order valence-corrected chi connectivity index (χ3v) is 4.44. The summed E-state index contributed by atoms with van der Waals surface area (Å²) in [7, 11) is 1.80. The van der Waals surface area contributed by atoms with Crippen molar-refractivity contribution in [2.75, 3.05) is 12.4 Å². The van der Waals surface area contributed by atoms with Gasteiger partial charge in [0.15, 0.2) is 17.5 Å². The van der Waals surface area contributed by atoms with Gasteiger partial charge in [0.2, 0.25) is 0 Å². The lowest BCUT2D eigenvalue weighted by Crippen LogP contribution is -1.96. The topological polar surface area (TPSA) is 49.9 Å². The Hall–Kier alpha value is -3.48. The highest BCUT2D eigenvalue weighted by Gasteiger charge is 2.12. The Morgan fingerprint density at radius 2 is 1.68 bits per heavy atom. The first-order valence-electron chi connectivity index (χ1n) is 8.57. The van der Waals surface area contributed by atoms with Crippen LogP contribution in [0.4, 0.5) is 19.0 Å². The second kappa shape index (κ2) is 7.26. The molecule has 0 atom stereocenters. The molecule has 4 rings (SSSR count). The number of hydrogen-bond donors (Lipinski definition) is 2. The largest absolute Gasteiger partial charge is 0.489 e. The molecule has 2 N–H and O–H groups in total. The predicted molar refractivity (Wildman–Crippen MR) is 102 cm³/mol. The molecule has 0 unspecified atom stereocenters. The van der Waals surface area contributed by atoms with Crippen LogP contribution in [-0.4, -0.2) is 17.2 Å². The lowest BCUT2D eigenvalue weighted by molar-refractivity contribution is 0.306. The molecule has 0 aliphatic rings. The zero-order valence-corrected chi connectivity index (χ0v) is 14.9. The summed E-state index contributed by atoms with van der Waals surface area (Å²) in [5.74, 6) is -1.78. The molecule has 0 saturated heterocycles. The van der Waals surface area contributed by atoms with E-state index in [0.29, 0.717) is 24.0 Å². The molecule has 0 bridgehead atoms. The summed E-state index contributed by atoms with van der Waals surface area (Å²) >= 11 is 0. The smallest absolute Gasteiger partial charge is 0.161 e. The number of H-pyrrole nitrogens is 1. The van der Waals surface area contributed by atoms with Crippen LogP contribution in [0.3, 0.4) is 0 Å². The van der Waals surface area contributed by atoms with Crippen molar-refractivity contribution in [3.05, 3.63) is 77.6 Å². The summed E-state index contributed by atoms with van der Waals surface area (Å²) in [5.41, 5.74) is 2.31. The van der Waals surface area contributed by atoms with Gasteiger partial charge >= 0.3 is 0 Å². The highest BCUT2D eigenvalue weighted by Crippen LogP contribution is 2.27. The van der Waals surface area contributed by atoms with E-state index in [4.69, 9.17) is 4.74 Å². The number of halogens is 3. The van der Waals surface area contributed by atoms with Crippen LogP contribution in [0.5, 0.6) is 5.75 Å². The van der Waals surface area contributed by atoms with Gasteiger partial charge in [0, 0.05) is 24.1 Å². The fraction of sp³-hybridized carbons (Fsp3) is 0.0952. The average Bonchev–Trinajstić information content (AvgIpc) is 3.12. The molecule has 7 heteroatoms. The Labute approximate surface area is 159 Å². The van der Waals surface area contributed by atoms with E-state index in [0.717, 1.165) is 28.4 Å².